The van der Waals surface area contributed by atoms with Crippen molar-refractivity contribution in [2.75, 3.05) is 13.2 Å². The first-order chi connectivity index (χ1) is 9.31. The number of allylic oxidation sites excluding steroid dienone is 3. The van der Waals surface area contributed by atoms with Crippen LogP contribution in [0.15, 0.2) is 36.5 Å². The van der Waals surface area contributed by atoms with Gasteiger partial charge in [-0.3, -0.25) is 0 Å². The first kappa shape index (κ1) is 26.7. The highest BCUT2D eigenvalue weighted by atomic mass is 16.5. The molecular formula is C18H38O. The summed E-state index contributed by atoms with van der Waals surface area (Å²) in [4.78, 5) is 0. The summed E-state index contributed by atoms with van der Waals surface area (Å²) in [6.07, 6.45) is 10.2. The highest BCUT2D eigenvalue weighted by Gasteiger charge is 1.88. The molecule has 0 aromatic carbocycles. The van der Waals surface area contributed by atoms with Crippen LogP contribution in [0.5, 0.6) is 0 Å². The van der Waals surface area contributed by atoms with Crippen LogP contribution >= 0.6 is 0 Å². The second-order valence-corrected chi connectivity index (χ2v) is 2.95. The summed E-state index contributed by atoms with van der Waals surface area (Å²) in [6, 6.07) is 0. The molecule has 0 fully saturated rings. The Kier molecular flexibility index (Phi) is 50.5. The molecule has 0 heterocycles. The summed E-state index contributed by atoms with van der Waals surface area (Å²) < 4.78 is 5.39. The van der Waals surface area contributed by atoms with Crippen LogP contribution in [-0.2, 0) is 4.74 Å². The molecule has 0 aliphatic carbocycles. The van der Waals surface area contributed by atoms with Gasteiger partial charge in [-0.25, -0.2) is 0 Å². The summed E-state index contributed by atoms with van der Waals surface area (Å²) in [7, 11) is 0. The lowest BCUT2D eigenvalue weighted by molar-refractivity contribution is 0.155. The topological polar surface area (TPSA) is 9.23 Å². The van der Waals surface area contributed by atoms with Crippen molar-refractivity contribution >= 4 is 0 Å². The van der Waals surface area contributed by atoms with Gasteiger partial charge >= 0.3 is 0 Å². The molecular weight excluding hydrogens is 232 g/mol. The van der Waals surface area contributed by atoms with E-state index in [4.69, 9.17) is 4.74 Å². The molecule has 0 radical (unpaired) electrons. The Bertz CT molecular complexity index is 178. The molecule has 0 bridgehead atoms. The number of hydrogen-bond donors (Lipinski definition) is 0. The molecule has 0 unspecified atom stereocenters. The Morgan fingerprint density at radius 3 is 1.95 bits per heavy atom. The number of unbranched alkanes of at least 4 members (excludes halogenated alkanes) is 1. The van der Waals surface area contributed by atoms with Crippen molar-refractivity contribution < 1.29 is 4.74 Å². The summed E-state index contributed by atoms with van der Waals surface area (Å²) in [5.41, 5.74) is 1.02. The van der Waals surface area contributed by atoms with Crippen LogP contribution in [0.2, 0.25) is 0 Å². The molecule has 0 amide bonds. The summed E-state index contributed by atoms with van der Waals surface area (Å²) in [6.45, 7) is 21.5. The lowest BCUT2D eigenvalue weighted by Gasteiger charge is -2.01. The molecule has 0 spiro atoms. The fourth-order valence-corrected chi connectivity index (χ4v) is 0.801. The third kappa shape index (κ3) is 38.2. The normalized spacial score (nSPS) is 8.84. The Morgan fingerprint density at radius 1 is 1.00 bits per heavy atom. The minimum atomic E-state index is 0.647. The predicted octanol–water partition coefficient (Wildman–Crippen LogP) is 6.57. The van der Waals surface area contributed by atoms with Crippen molar-refractivity contribution in [3.8, 4) is 0 Å². The average Bonchev–Trinajstić information content (AvgIpc) is 2.50. The molecule has 0 aromatic rings. The van der Waals surface area contributed by atoms with Crippen LogP contribution in [0.25, 0.3) is 0 Å². The zero-order valence-electron chi connectivity index (χ0n) is 14.8. The SMILES string of the molecule is C=C(/C=C\C=C/C)COCCCC.CC.CC.CC. The van der Waals surface area contributed by atoms with Crippen molar-refractivity contribution in [1.82, 2.24) is 0 Å². The van der Waals surface area contributed by atoms with Gasteiger partial charge in [0.2, 0.25) is 0 Å². The summed E-state index contributed by atoms with van der Waals surface area (Å²) in [5.74, 6) is 0. The van der Waals surface area contributed by atoms with Gasteiger partial charge in [-0.15, -0.1) is 0 Å². The largest absolute Gasteiger partial charge is 0.377 e. The molecule has 0 aromatic heterocycles. The minimum absolute atomic E-state index is 0.647. The van der Waals surface area contributed by atoms with Gasteiger partial charge in [-0.05, 0) is 18.9 Å². The lowest BCUT2D eigenvalue weighted by atomic mass is 10.3. The second-order valence-electron chi connectivity index (χ2n) is 2.95. The van der Waals surface area contributed by atoms with Gasteiger partial charge in [0.1, 0.15) is 0 Å². The average molecular weight is 271 g/mol. The quantitative estimate of drug-likeness (QED) is 0.375. The molecule has 1 heteroatoms. The Morgan fingerprint density at radius 2 is 1.53 bits per heavy atom. The van der Waals surface area contributed by atoms with E-state index in [2.05, 4.69) is 13.5 Å². The van der Waals surface area contributed by atoms with Crippen LogP contribution in [-0.4, -0.2) is 13.2 Å². The molecule has 0 N–H and O–H groups in total. The minimum Gasteiger partial charge on any atom is -0.377 e. The zero-order chi connectivity index (χ0) is 15.9. The van der Waals surface area contributed by atoms with E-state index in [9.17, 15) is 0 Å². The highest BCUT2D eigenvalue weighted by molar-refractivity contribution is 5.19. The fourth-order valence-electron chi connectivity index (χ4n) is 0.801. The van der Waals surface area contributed by atoms with Crippen molar-refractivity contribution in [1.29, 1.82) is 0 Å². The molecule has 0 saturated carbocycles. The highest BCUT2D eigenvalue weighted by Crippen LogP contribution is 1.96. The fraction of sp³-hybridized carbons (Fsp3) is 0.667. The van der Waals surface area contributed by atoms with Crippen molar-refractivity contribution in [2.24, 2.45) is 0 Å². The Balaban J connectivity index is -0.000000163. The molecule has 0 aliphatic heterocycles. The third-order valence-corrected chi connectivity index (χ3v) is 1.57. The molecule has 19 heavy (non-hydrogen) atoms. The maximum atomic E-state index is 5.39. The molecule has 1 nitrogen and oxygen atoms in total. The van der Waals surface area contributed by atoms with Gasteiger partial charge in [0.25, 0.3) is 0 Å². The van der Waals surface area contributed by atoms with E-state index in [1.54, 1.807) is 0 Å². The van der Waals surface area contributed by atoms with Crippen LogP contribution in [0.1, 0.15) is 68.2 Å². The molecule has 116 valence electrons. The number of hydrogen-bond acceptors (Lipinski definition) is 1. The summed E-state index contributed by atoms with van der Waals surface area (Å²) in [5, 5.41) is 0. The van der Waals surface area contributed by atoms with Gasteiger partial charge in [0.05, 0.1) is 6.61 Å². The maximum absolute atomic E-state index is 5.39. The van der Waals surface area contributed by atoms with E-state index in [-0.39, 0.29) is 0 Å². The monoisotopic (exact) mass is 270 g/mol. The smallest absolute Gasteiger partial charge is 0.0711 e. The van der Waals surface area contributed by atoms with Crippen molar-refractivity contribution in [3.05, 3.63) is 36.5 Å². The predicted molar refractivity (Wildman–Crippen MR) is 92.9 cm³/mol. The lowest BCUT2D eigenvalue weighted by Crippen LogP contribution is -1.97. The first-order valence-corrected chi connectivity index (χ1v) is 7.86. The van der Waals surface area contributed by atoms with E-state index >= 15 is 0 Å². The zero-order valence-corrected chi connectivity index (χ0v) is 14.8. The van der Waals surface area contributed by atoms with Crippen LogP contribution in [0.3, 0.4) is 0 Å². The van der Waals surface area contributed by atoms with Crippen LogP contribution in [0, 0.1) is 0 Å². The van der Waals surface area contributed by atoms with Crippen molar-refractivity contribution in [2.45, 2.75) is 68.2 Å². The number of rotatable bonds is 7. The molecule has 0 atom stereocenters. The maximum Gasteiger partial charge on any atom is 0.0711 e. The Labute approximate surface area is 123 Å². The molecule has 0 rings (SSSR count). The van der Waals surface area contributed by atoms with Crippen LogP contribution < -0.4 is 0 Å². The standard InChI is InChI=1S/C12H20O.3C2H6/c1-4-6-8-9-12(3)11-13-10-7-5-2;3*1-2/h4,6,8-9H,3,5,7,10-11H2,1-2H3;3*1-2H3/b6-4-,9-8-;;;. The second kappa shape index (κ2) is 36.0. The van der Waals surface area contributed by atoms with E-state index in [0.717, 1.165) is 18.6 Å². The molecule has 0 saturated heterocycles. The van der Waals surface area contributed by atoms with Gasteiger partial charge in [0.15, 0.2) is 0 Å². The summed E-state index contributed by atoms with van der Waals surface area (Å²) >= 11 is 0. The van der Waals surface area contributed by atoms with Gasteiger partial charge in [-0.1, -0.05) is 85.8 Å². The van der Waals surface area contributed by atoms with E-state index in [0.29, 0.717) is 6.61 Å². The van der Waals surface area contributed by atoms with Crippen molar-refractivity contribution in [3.63, 3.8) is 0 Å². The van der Waals surface area contributed by atoms with Crippen LogP contribution in [0.4, 0.5) is 0 Å². The van der Waals surface area contributed by atoms with E-state index < -0.39 is 0 Å². The van der Waals surface area contributed by atoms with Gasteiger partial charge < -0.3 is 4.74 Å². The van der Waals surface area contributed by atoms with E-state index in [1.165, 1.54) is 6.42 Å². The first-order valence-electron chi connectivity index (χ1n) is 7.86. The Hall–Kier alpha value is -0.820. The van der Waals surface area contributed by atoms with E-state index in [1.807, 2.05) is 72.8 Å². The van der Waals surface area contributed by atoms with Gasteiger partial charge in [0, 0.05) is 6.61 Å². The third-order valence-electron chi connectivity index (χ3n) is 1.57. The molecule has 0 aliphatic rings. The number of ether oxygens (including phenoxy) is 1. The van der Waals surface area contributed by atoms with Gasteiger partial charge in [-0.2, -0.15) is 0 Å².